The van der Waals surface area contributed by atoms with Crippen LogP contribution in [0.25, 0.3) is 32.9 Å². The number of halogens is 1. The van der Waals surface area contributed by atoms with Crippen LogP contribution in [0.2, 0.25) is 0 Å². The van der Waals surface area contributed by atoms with Gasteiger partial charge in [-0.2, -0.15) is 0 Å². The number of benzene rings is 1. The van der Waals surface area contributed by atoms with E-state index in [4.69, 9.17) is 0 Å². The highest BCUT2D eigenvalue weighted by molar-refractivity contribution is 6.08. The van der Waals surface area contributed by atoms with E-state index in [0.29, 0.717) is 0 Å². The van der Waals surface area contributed by atoms with Gasteiger partial charge in [0.15, 0.2) is 0 Å². The number of hydrogen-bond acceptors (Lipinski definition) is 2. The van der Waals surface area contributed by atoms with E-state index in [0.717, 1.165) is 32.9 Å². The molecule has 0 aliphatic rings. The lowest BCUT2D eigenvalue weighted by molar-refractivity contribution is 0.622. The summed E-state index contributed by atoms with van der Waals surface area (Å²) in [4.78, 5) is 8.11. The summed E-state index contributed by atoms with van der Waals surface area (Å²) in [5.74, 6) is -0.325. The van der Waals surface area contributed by atoms with Gasteiger partial charge in [-0.3, -0.25) is 9.97 Å². The lowest BCUT2D eigenvalue weighted by atomic mass is 10.1. The average Bonchev–Trinajstić information content (AvgIpc) is 2.81. The standard InChI is InChI=1S/C17H12FN3/c1-21-16-4-5-19-10-15(16)14-3-2-11(7-17(14)21)12-6-13(18)9-20-8-12/h2-10H,1H3. The number of aromatic nitrogens is 3. The normalized spacial score (nSPS) is 11.3. The molecule has 0 N–H and O–H groups in total. The molecule has 0 bridgehead atoms. The first-order valence-electron chi connectivity index (χ1n) is 6.67. The molecule has 0 radical (unpaired) electrons. The second-order valence-electron chi connectivity index (χ2n) is 5.08. The van der Waals surface area contributed by atoms with Crippen molar-refractivity contribution in [3.8, 4) is 11.1 Å². The maximum absolute atomic E-state index is 13.3. The fourth-order valence-corrected chi connectivity index (χ4v) is 2.80. The van der Waals surface area contributed by atoms with Crippen molar-refractivity contribution >= 4 is 21.8 Å². The summed E-state index contributed by atoms with van der Waals surface area (Å²) in [5, 5.41) is 2.27. The third-order valence-corrected chi connectivity index (χ3v) is 3.85. The molecule has 0 atom stereocenters. The number of nitrogens with zero attached hydrogens (tertiary/aromatic N) is 3. The summed E-state index contributed by atoms with van der Waals surface area (Å²) in [6.45, 7) is 0. The summed E-state index contributed by atoms with van der Waals surface area (Å²) >= 11 is 0. The van der Waals surface area contributed by atoms with Gasteiger partial charge in [0.1, 0.15) is 5.82 Å². The smallest absolute Gasteiger partial charge is 0.142 e. The third-order valence-electron chi connectivity index (χ3n) is 3.85. The van der Waals surface area contributed by atoms with Gasteiger partial charge < -0.3 is 4.57 Å². The lowest BCUT2D eigenvalue weighted by Gasteiger charge is -2.03. The summed E-state index contributed by atoms with van der Waals surface area (Å²) in [6, 6.07) is 9.60. The van der Waals surface area contributed by atoms with E-state index in [9.17, 15) is 4.39 Å². The van der Waals surface area contributed by atoms with Crippen LogP contribution in [0.1, 0.15) is 0 Å². The monoisotopic (exact) mass is 277 g/mol. The molecule has 0 aliphatic carbocycles. The topological polar surface area (TPSA) is 30.7 Å². The number of rotatable bonds is 1. The van der Waals surface area contributed by atoms with Crippen molar-refractivity contribution in [3.63, 3.8) is 0 Å². The SMILES string of the molecule is Cn1c2ccncc2c2ccc(-c3cncc(F)c3)cc21. The van der Waals surface area contributed by atoms with Gasteiger partial charge in [0.25, 0.3) is 0 Å². The molecule has 0 unspecified atom stereocenters. The van der Waals surface area contributed by atoms with Crippen molar-refractivity contribution in [1.82, 2.24) is 14.5 Å². The number of pyridine rings is 2. The van der Waals surface area contributed by atoms with Gasteiger partial charge in [0.2, 0.25) is 0 Å². The highest BCUT2D eigenvalue weighted by Crippen LogP contribution is 2.31. The van der Waals surface area contributed by atoms with E-state index >= 15 is 0 Å². The predicted octanol–water partition coefficient (Wildman–Crippen LogP) is 3.93. The molecular formula is C17H12FN3. The Morgan fingerprint density at radius 1 is 0.857 bits per heavy atom. The van der Waals surface area contributed by atoms with Gasteiger partial charge in [-0.1, -0.05) is 12.1 Å². The second kappa shape index (κ2) is 4.38. The fraction of sp³-hybridized carbons (Fsp3) is 0.0588. The van der Waals surface area contributed by atoms with E-state index in [1.807, 2.05) is 25.4 Å². The second-order valence-corrected chi connectivity index (χ2v) is 5.08. The highest BCUT2D eigenvalue weighted by atomic mass is 19.1. The van der Waals surface area contributed by atoms with Crippen LogP contribution in [0.4, 0.5) is 4.39 Å². The molecule has 4 heteroatoms. The zero-order chi connectivity index (χ0) is 14.4. The summed E-state index contributed by atoms with van der Waals surface area (Å²) in [5.41, 5.74) is 3.96. The van der Waals surface area contributed by atoms with Crippen LogP contribution in [0.15, 0.2) is 55.1 Å². The summed E-state index contributed by atoms with van der Waals surface area (Å²) in [6.07, 6.45) is 6.55. The Labute approximate surface area is 120 Å². The first-order chi connectivity index (χ1) is 10.2. The van der Waals surface area contributed by atoms with Crippen LogP contribution in [0.5, 0.6) is 0 Å². The molecule has 0 saturated heterocycles. The van der Waals surface area contributed by atoms with Crippen molar-refractivity contribution in [2.45, 2.75) is 0 Å². The van der Waals surface area contributed by atoms with Crippen molar-refractivity contribution in [3.05, 3.63) is 60.9 Å². The highest BCUT2D eigenvalue weighted by Gasteiger charge is 2.09. The Morgan fingerprint density at radius 2 is 1.76 bits per heavy atom. The molecule has 3 heterocycles. The molecule has 21 heavy (non-hydrogen) atoms. The molecule has 4 rings (SSSR count). The Bertz CT molecular complexity index is 972. The summed E-state index contributed by atoms with van der Waals surface area (Å²) in [7, 11) is 2.03. The first-order valence-corrected chi connectivity index (χ1v) is 6.67. The molecule has 0 amide bonds. The quantitative estimate of drug-likeness (QED) is 0.528. The van der Waals surface area contributed by atoms with Gasteiger partial charge in [-0.05, 0) is 23.8 Å². The fourth-order valence-electron chi connectivity index (χ4n) is 2.80. The van der Waals surface area contributed by atoms with Crippen molar-refractivity contribution in [2.75, 3.05) is 0 Å². The van der Waals surface area contributed by atoms with Crippen molar-refractivity contribution < 1.29 is 4.39 Å². The van der Waals surface area contributed by atoms with Gasteiger partial charge >= 0.3 is 0 Å². The molecule has 3 aromatic heterocycles. The van der Waals surface area contributed by atoms with E-state index in [2.05, 4.69) is 26.7 Å². The molecule has 1 aromatic carbocycles. The molecule has 3 nitrogen and oxygen atoms in total. The van der Waals surface area contributed by atoms with Gasteiger partial charge in [0.05, 0.1) is 11.7 Å². The largest absolute Gasteiger partial charge is 0.343 e. The number of fused-ring (bicyclic) bond motifs is 3. The van der Waals surface area contributed by atoms with Gasteiger partial charge in [0, 0.05) is 47.5 Å². The van der Waals surface area contributed by atoms with Crippen LogP contribution in [-0.2, 0) is 7.05 Å². The zero-order valence-electron chi connectivity index (χ0n) is 11.4. The lowest BCUT2D eigenvalue weighted by Crippen LogP contribution is -1.88. The molecular weight excluding hydrogens is 265 g/mol. The van der Waals surface area contributed by atoms with E-state index < -0.39 is 0 Å². The Balaban J connectivity index is 2.02. The van der Waals surface area contributed by atoms with Gasteiger partial charge in [-0.15, -0.1) is 0 Å². The van der Waals surface area contributed by atoms with Crippen LogP contribution in [0.3, 0.4) is 0 Å². The van der Waals surface area contributed by atoms with Crippen LogP contribution < -0.4 is 0 Å². The minimum absolute atomic E-state index is 0.325. The minimum Gasteiger partial charge on any atom is -0.343 e. The summed E-state index contributed by atoms with van der Waals surface area (Å²) < 4.78 is 15.5. The van der Waals surface area contributed by atoms with Crippen molar-refractivity contribution in [2.24, 2.45) is 7.05 Å². The number of hydrogen-bond donors (Lipinski definition) is 0. The van der Waals surface area contributed by atoms with Crippen molar-refractivity contribution in [1.29, 1.82) is 0 Å². The zero-order valence-corrected chi connectivity index (χ0v) is 11.4. The van der Waals surface area contributed by atoms with E-state index in [1.54, 1.807) is 12.4 Å². The number of aryl methyl sites for hydroxylation is 1. The van der Waals surface area contributed by atoms with Crippen LogP contribution >= 0.6 is 0 Å². The molecule has 0 fully saturated rings. The molecule has 0 spiro atoms. The van der Waals surface area contributed by atoms with Crippen LogP contribution in [0, 0.1) is 5.82 Å². The Morgan fingerprint density at radius 3 is 2.62 bits per heavy atom. The van der Waals surface area contributed by atoms with Crippen LogP contribution in [-0.4, -0.2) is 14.5 Å². The molecule has 4 aromatic rings. The molecule has 0 saturated carbocycles. The Hall–Kier alpha value is -2.75. The Kier molecular flexibility index (Phi) is 2.51. The maximum Gasteiger partial charge on any atom is 0.142 e. The molecule has 102 valence electrons. The van der Waals surface area contributed by atoms with Gasteiger partial charge in [-0.25, -0.2) is 4.39 Å². The maximum atomic E-state index is 13.3. The third kappa shape index (κ3) is 1.80. The van der Waals surface area contributed by atoms with E-state index in [-0.39, 0.29) is 5.82 Å². The molecule has 0 aliphatic heterocycles. The van der Waals surface area contributed by atoms with E-state index in [1.165, 1.54) is 12.3 Å². The first kappa shape index (κ1) is 12.0. The average molecular weight is 277 g/mol. The minimum atomic E-state index is -0.325. The predicted molar refractivity (Wildman–Crippen MR) is 81.4 cm³/mol.